The molecule has 168 valence electrons. The van der Waals surface area contributed by atoms with E-state index in [9.17, 15) is 14.4 Å². The third kappa shape index (κ3) is 2.50. The number of Topliss-reactive ketones (excluding diaryl/α,β-unsaturated/α-hetero) is 3. The van der Waals surface area contributed by atoms with Gasteiger partial charge in [0.15, 0.2) is 17.3 Å². The quantitative estimate of drug-likeness (QED) is 0.463. The first-order valence-corrected chi connectivity index (χ1v) is 11.4. The summed E-state index contributed by atoms with van der Waals surface area (Å²) < 4.78 is 15.3. The molecule has 2 aliphatic heterocycles. The minimum Gasteiger partial charge on any atom is -0.352 e. The van der Waals surface area contributed by atoms with Crippen LogP contribution in [0.3, 0.4) is 0 Å². The van der Waals surface area contributed by atoms with Gasteiger partial charge in [0, 0.05) is 27.8 Å². The van der Waals surface area contributed by atoms with E-state index < -0.39 is 29.2 Å². The Labute approximate surface area is 200 Å². The standard InChI is InChI=1S/C28H19ClFNO3/c1-15(32)25-24(20-8-4-5-9-21(20)30)28(26(33)18-6-2-3-7-19(18)27(28)34)23-13-10-16-14-17(29)11-12-22(16)31(23)25/h2-14,23-25H,1H3/t23-,24-,25+/m0/s1. The third-order valence-electron chi connectivity index (χ3n) is 7.42. The summed E-state index contributed by atoms with van der Waals surface area (Å²) in [6.07, 6.45) is 3.62. The van der Waals surface area contributed by atoms with Gasteiger partial charge < -0.3 is 4.90 Å². The van der Waals surface area contributed by atoms with Gasteiger partial charge in [0.1, 0.15) is 11.2 Å². The molecule has 1 saturated heterocycles. The summed E-state index contributed by atoms with van der Waals surface area (Å²) in [4.78, 5) is 43.4. The molecule has 2 heterocycles. The van der Waals surface area contributed by atoms with Gasteiger partial charge in [0.25, 0.3) is 0 Å². The zero-order valence-corrected chi connectivity index (χ0v) is 18.9. The predicted octanol–water partition coefficient (Wildman–Crippen LogP) is 5.50. The molecule has 0 unspecified atom stereocenters. The van der Waals surface area contributed by atoms with Crippen LogP contribution >= 0.6 is 11.6 Å². The molecule has 1 fully saturated rings. The first-order valence-electron chi connectivity index (χ1n) is 11.1. The van der Waals surface area contributed by atoms with Crippen molar-refractivity contribution in [3.63, 3.8) is 0 Å². The zero-order chi connectivity index (χ0) is 23.8. The first kappa shape index (κ1) is 21.0. The van der Waals surface area contributed by atoms with Gasteiger partial charge in [-0.2, -0.15) is 0 Å². The molecule has 0 aromatic heterocycles. The van der Waals surface area contributed by atoms with Crippen LogP contribution in [0, 0.1) is 11.2 Å². The second-order valence-electron chi connectivity index (χ2n) is 9.04. The van der Waals surface area contributed by atoms with Gasteiger partial charge in [-0.3, -0.25) is 14.4 Å². The van der Waals surface area contributed by atoms with Gasteiger partial charge in [0.05, 0.1) is 12.1 Å². The second-order valence-corrected chi connectivity index (χ2v) is 9.48. The fraction of sp³-hybridized carbons (Fsp3) is 0.179. The maximum Gasteiger partial charge on any atom is 0.180 e. The van der Waals surface area contributed by atoms with Crippen molar-refractivity contribution in [2.24, 2.45) is 5.41 Å². The fourth-order valence-electron chi connectivity index (χ4n) is 6.17. The van der Waals surface area contributed by atoms with E-state index >= 15 is 4.39 Å². The molecule has 6 rings (SSSR count). The highest BCUT2D eigenvalue weighted by molar-refractivity contribution is 6.32. The van der Waals surface area contributed by atoms with Gasteiger partial charge in [0.2, 0.25) is 0 Å². The van der Waals surface area contributed by atoms with Gasteiger partial charge in [-0.1, -0.05) is 66.2 Å². The lowest BCUT2D eigenvalue weighted by molar-refractivity contribution is -0.118. The Morgan fingerprint density at radius 1 is 0.971 bits per heavy atom. The highest BCUT2D eigenvalue weighted by Gasteiger charge is 2.71. The third-order valence-corrected chi connectivity index (χ3v) is 7.66. The Morgan fingerprint density at radius 2 is 1.62 bits per heavy atom. The molecule has 4 nitrogen and oxygen atoms in total. The molecular weight excluding hydrogens is 453 g/mol. The summed E-state index contributed by atoms with van der Waals surface area (Å²) in [7, 11) is 0. The van der Waals surface area contributed by atoms with E-state index in [2.05, 4.69) is 0 Å². The van der Waals surface area contributed by atoms with Crippen molar-refractivity contribution in [1.82, 2.24) is 0 Å². The van der Waals surface area contributed by atoms with Crippen molar-refractivity contribution in [3.8, 4) is 0 Å². The summed E-state index contributed by atoms with van der Waals surface area (Å²) in [5, 5.41) is 0.529. The second kappa shape index (κ2) is 7.21. The van der Waals surface area contributed by atoms with E-state index in [4.69, 9.17) is 11.6 Å². The van der Waals surface area contributed by atoms with Crippen molar-refractivity contribution in [2.45, 2.75) is 24.9 Å². The Kier molecular flexibility index (Phi) is 4.45. The molecule has 0 bridgehead atoms. The predicted molar refractivity (Wildman–Crippen MR) is 128 cm³/mol. The lowest BCUT2D eigenvalue weighted by Gasteiger charge is -2.37. The Balaban J connectivity index is 1.70. The van der Waals surface area contributed by atoms with Gasteiger partial charge in [-0.15, -0.1) is 0 Å². The number of halogens is 2. The number of nitrogens with zero attached hydrogens (tertiary/aromatic N) is 1. The summed E-state index contributed by atoms with van der Waals surface area (Å²) in [6, 6.07) is 16.4. The number of carbonyl (C=O) groups is 3. The highest BCUT2D eigenvalue weighted by Crippen LogP contribution is 2.60. The summed E-state index contributed by atoms with van der Waals surface area (Å²) in [5.41, 5.74) is 0.606. The maximum atomic E-state index is 15.3. The largest absolute Gasteiger partial charge is 0.352 e. The number of anilines is 1. The van der Waals surface area contributed by atoms with E-state index in [1.165, 1.54) is 13.0 Å². The lowest BCUT2D eigenvalue weighted by atomic mass is 9.64. The number of benzene rings is 3. The number of ketones is 3. The maximum absolute atomic E-state index is 15.3. The Bertz CT molecular complexity index is 1410. The van der Waals surface area contributed by atoms with E-state index in [0.29, 0.717) is 21.8 Å². The van der Waals surface area contributed by atoms with Crippen LogP contribution in [-0.2, 0) is 4.79 Å². The minimum atomic E-state index is -1.67. The van der Waals surface area contributed by atoms with E-state index in [0.717, 1.165) is 5.56 Å². The number of fused-ring (bicyclic) bond motifs is 5. The molecule has 1 aliphatic carbocycles. The number of hydrogen-bond donors (Lipinski definition) is 0. The first-order chi connectivity index (χ1) is 16.4. The fourth-order valence-corrected chi connectivity index (χ4v) is 6.35. The molecule has 3 aromatic carbocycles. The van der Waals surface area contributed by atoms with Crippen LogP contribution in [0.5, 0.6) is 0 Å². The molecule has 0 amide bonds. The Morgan fingerprint density at radius 3 is 2.26 bits per heavy atom. The zero-order valence-electron chi connectivity index (χ0n) is 18.2. The van der Waals surface area contributed by atoms with Crippen LogP contribution in [0.25, 0.3) is 6.08 Å². The molecule has 0 radical (unpaired) electrons. The highest BCUT2D eigenvalue weighted by atomic mass is 35.5. The summed E-state index contributed by atoms with van der Waals surface area (Å²) >= 11 is 6.21. The molecular formula is C28H19ClFNO3. The number of carbonyl (C=O) groups excluding carboxylic acids is 3. The molecule has 0 saturated carbocycles. The topological polar surface area (TPSA) is 54.5 Å². The molecule has 1 spiro atoms. The van der Waals surface area contributed by atoms with E-state index in [-0.39, 0.29) is 22.9 Å². The van der Waals surface area contributed by atoms with Gasteiger partial charge in [-0.25, -0.2) is 4.39 Å². The normalized spacial score (nSPS) is 23.7. The van der Waals surface area contributed by atoms with Crippen LogP contribution in [0.2, 0.25) is 5.02 Å². The van der Waals surface area contributed by atoms with Crippen molar-refractivity contribution < 1.29 is 18.8 Å². The van der Waals surface area contributed by atoms with Crippen LogP contribution < -0.4 is 4.90 Å². The van der Waals surface area contributed by atoms with Crippen LogP contribution in [0.1, 0.15) is 44.7 Å². The van der Waals surface area contributed by atoms with Crippen molar-refractivity contribution in [2.75, 3.05) is 4.90 Å². The average molecular weight is 472 g/mol. The number of hydrogen-bond acceptors (Lipinski definition) is 4. The van der Waals surface area contributed by atoms with E-state index in [1.54, 1.807) is 66.7 Å². The SMILES string of the molecule is CC(=O)[C@@H]1[C@H](c2ccccc2F)C2(C(=O)c3ccccc3C2=O)[C@@H]2C=Cc3cc(Cl)ccc3N12. The Hall–Kier alpha value is -3.57. The lowest BCUT2D eigenvalue weighted by Crippen LogP contribution is -2.48. The van der Waals surface area contributed by atoms with Crippen molar-refractivity contribution in [1.29, 1.82) is 0 Å². The van der Waals surface area contributed by atoms with Gasteiger partial charge >= 0.3 is 0 Å². The van der Waals surface area contributed by atoms with Crippen LogP contribution in [-0.4, -0.2) is 29.4 Å². The van der Waals surface area contributed by atoms with Crippen molar-refractivity contribution in [3.05, 3.63) is 106 Å². The molecule has 3 aliphatic rings. The number of rotatable bonds is 2. The average Bonchev–Trinajstić information content (AvgIpc) is 3.26. The van der Waals surface area contributed by atoms with Crippen LogP contribution in [0.4, 0.5) is 10.1 Å². The molecule has 6 heteroatoms. The minimum absolute atomic E-state index is 0.190. The van der Waals surface area contributed by atoms with Gasteiger partial charge in [-0.05, 0) is 42.3 Å². The van der Waals surface area contributed by atoms with Crippen LogP contribution in [0.15, 0.2) is 72.8 Å². The molecule has 3 aromatic rings. The summed E-state index contributed by atoms with van der Waals surface area (Å²) in [5.74, 6) is -2.54. The van der Waals surface area contributed by atoms with E-state index in [1.807, 2.05) is 11.0 Å². The smallest absolute Gasteiger partial charge is 0.180 e. The molecule has 3 atom stereocenters. The molecule has 34 heavy (non-hydrogen) atoms. The summed E-state index contributed by atoms with van der Waals surface area (Å²) in [6.45, 7) is 1.43. The monoisotopic (exact) mass is 471 g/mol. The van der Waals surface area contributed by atoms with Crippen molar-refractivity contribution >= 4 is 40.7 Å². The molecule has 0 N–H and O–H groups in total.